The third-order valence-corrected chi connectivity index (χ3v) is 4.18. The van der Waals surface area contributed by atoms with E-state index >= 15 is 0 Å². The second kappa shape index (κ2) is 6.54. The van der Waals surface area contributed by atoms with E-state index < -0.39 is 5.54 Å². The lowest BCUT2D eigenvalue weighted by atomic mass is 9.81. The number of carbonyl (C=O) groups is 2. The molecule has 2 rings (SSSR count). The summed E-state index contributed by atoms with van der Waals surface area (Å²) in [6.07, 6.45) is 4.65. The summed E-state index contributed by atoms with van der Waals surface area (Å²) in [7, 11) is 0. The van der Waals surface area contributed by atoms with Crippen LogP contribution in [0.2, 0.25) is 0 Å². The standard InChI is InChI=1S/C14H25N3O3/c1-11(18)16-9-12-10-17(7-8-20-12)13(19)14(15)5-3-2-4-6-14/h12H,2-10,15H2,1H3,(H,16,18)/t12-/m1/s1. The molecule has 1 heterocycles. The summed E-state index contributed by atoms with van der Waals surface area (Å²) in [4.78, 5) is 25.4. The van der Waals surface area contributed by atoms with E-state index in [-0.39, 0.29) is 17.9 Å². The van der Waals surface area contributed by atoms with Crippen molar-refractivity contribution in [2.24, 2.45) is 5.73 Å². The minimum Gasteiger partial charge on any atom is -0.373 e. The van der Waals surface area contributed by atoms with Crippen LogP contribution >= 0.6 is 0 Å². The van der Waals surface area contributed by atoms with Crippen molar-refractivity contribution in [2.75, 3.05) is 26.2 Å². The van der Waals surface area contributed by atoms with Crippen molar-refractivity contribution < 1.29 is 14.3 Å². The SMILES string of the molecule is CC(=O)NC[C@@H]1CN(C(=O)C2(N)CCCCC2)CCO1. The summed E-state index contributed by atoms with van der Waals surface area (Å²) >= 11 is 0. The van der Waals surface area contributed by atoms with Crippen LogP contribution in [0.1, 0.15) is 39.0 Å². The average molecular weight is 283 g/mol. The Morgan fingerprint density at radius 1 is 1.35 bits per heavy atom. The number of amides is 2. The molecule has 0 spiro atoms. The minimum absolute atomic E-state index is 0.0494. The predicted molar refractivity (Wildman–Crippen MR) is 75.0 cm³/mol. The number of nitrogens with two attached hydrogens (primary N) is 1. The van der Waals surface area contributed by atoms with Crippen LogP contribution in [0.5, 0.6) is 0 Å². The zero-order valence-corrected chi connectivity index (χ0v) is 12.2. The molecule has 6 nitrogen and oxygen atoms in total. The summed E-state index contributed by atoms with van der Waals surface area (Å²) in [6, 6.07) is 0. The Bertz CT molecular complexity index is 367. The van der Waals surface area contributed by atoms with E-state index in [0.29, 0.717) is 26.2 Å². The Morgan fingerprint density at radius 3 is 2.70 bits per heavy atom. The Hall–Kier alpha value is -1.14. The highest BCUT2D eigenvalue weighted by molar-refractivity contribution is 5.86. The van der Waals surface area contributed by atoms with Gasteiger partial charge in [0.25, 0.3) is 0 Å². The fourth-order valence-electron chi connectivity index (χ4n) is 3.00. The van der Waals surface area contributed by atoms with Crippen LogP contribution < -0.4 is 11.1 Å². The molecule has 0 radical (unpaired) electrons. The number of nitrogens with one attached hydrogen (secondary N) is 1. The first-order chi connectivity index (χ1) is 9.51. The summed E-state index contributed by atoms with van der Waals surface area (Å²) in [5.74, 6) is -0.0343. The van der Waals surface area contributed by atoms with Crippen LogP contribution in [-0.2, 0) is 14.3 Å². The molecule has 1 aliphatic heterocycles. The summed E-state index contributed by atoms with van der Waals surface area (Å²) in [5, 5.41) is 2.73. The molecular formula is C14H25N3O3. The zero-order chi connectivity index (χ0) is 14.6. The molecule has 2 fully saturated rings. The first-order valence-electron chi connectivity index (χ1n) is 7.45. The van der Waals surface area contributed by atoms with Gasteiger partial charge in [-0.05, 0) is 12.8 Å². The summed E-state index contributed by atoms with van der Waals surface area (Å²) < 4.78 is 5.58. The lowest BCUT2D eigenvalue weighted by Gasteiger charge is -2.40. The van der Waals surface area contributed by atoms with Crippen molar-refractivity contribution in [3.63, 3.8) is 0 Å². The number of nitrogens with zero attached hydrogens (tertiary/aromatic N) is 1. The van der Waals surface area contributed by atoms with E-state index in [0.717, 1.165) is 25.7 Å². The molecule has 1 aliphatic carbocycles. The number of hydrogen-bond acceptors (Lipinski definition) is 4. The molecule has 1 atom stereocenters. The summed E-state index contributed by atoms with van der Waals surface area (Å²) in [5.41, 5.74) is 5.61. The third-order valence-electron chi connectivity index (χ3n) is 4.18. The molecule has 2 aliphatic rings. The van der Waals surface area contributed by atoms with Crippen molar-refractivity contribution in [1.82, 2.24) is 10.2 Å². The number of ether oxygens (including phenoxy) is 1. The molecule has 2 amide bonds. The van der Waals surface area contributed by atoms with Gasteiger partial charge < -0.3 is 20.7 Å². The van der Waals surface area contributed by atoms with E-state index in [2.05, 4.69) is 5.32 Å². The lowest BCUT2D eigenvalue weighted by molar-refractivity contribution is -0.145. The second-order valence-corrected chi connectivity index (χ2v) is 5.90. The van der Waals surface area contributed by atoms with Crippen molar-refractivity contribution >= 4 is 11.8 Å². The Labute approximate surface area is 120 Å². The molecule has 0 aromatic heterocycles. The van der Waals surface area contributed by atoms with Gasteiger partial charge in [-0.25, -0.2) is 0 Å². The fourth-order valence-corrected chi connectivity index (χ4v) is 3.00. The van der Waals surface area contributed by atoms with Gasteiger partial charge >= 0.3 is 0 Å². The highest BCUT2D eigenvalue weighted by atomic mass is 16.5. The van der Waals surface area contributed by atoms with Crippen LogP contribution in [0.3, 0.4) is 0 Å². The average Bonchev–Trinajstić information content (AvgIpc) is 2.45. The Balaban J connectivity index is 1.90. The van der Waals surface area contributed by atoms with E-state index in [1.54, 1.807) is 4.90 Å². The molecule has 1 saturated carbocycles. The van der Waals surface area contributed by atoms with Gasteiger partial charge in [0.05, 0.1) is 18.2 Å². The maximum atomic E-state index is 12.6. The number of rotatable bonds is 3. The monoisotopic (exact) mass is 283 g/mol. The molecule has 20 heavy (non-hydrogen) atoms. The summed E-state index contributed by atoms with van der Waals surface area (Å²) in [6.45, 7) is 3.53. The lowest BCUT2D eigenvalue weighted by Crippen LogP contribution is -2.60. The van der Waals surface area contributed by atoms with Gasteiger partial charge in [0, 0.05) is 26.6 Å². The van der Waals surface area contributed by atoms with E-state index in [1.165, 1.54) is 13.3 Å². The van der Waals surface area contributed by atoms with Crippen LogP contribution in [-0.4, -0.2) is 54.6 Å². The maximum absolute atomic E-state index is 12.6. The highest BCUT2D eigenvalue weighted by Gasteiger charge is 2.39. The normalized spacial score (nSPS) is 26.1. The van der Waals surface area contributed by atoms with Gasteiger partial charge in [-0.15, -0.1) is 0 Å². The largest absolute Gasteiger partial charge is 0.373 e. The first-order valence-corrected chi connectivity index (χ1v) is 7.45. The molecule has 0 aromatic rings. The minimum atomic E-state index is -0.686. The molecule has 114 valence electrons. The highest BCUT2D eigenvalue weighted by Crippen LogP contribution is 2.28. The van der Waals surface area contributed by atoms with Crippen LogP contribution in [0.25, 0.3) is 0 Å². The second-order valence-electron chi connectivity index (χ2n) is 5.90. The van der Waals surface area contributed by atoms with Crippen LogP contribution in [0.4, 0.5) is 0 Å². The Morgan fingerprint density at radius 2 is 2.05 bits per heavy atom. The van der Waals surface area contributed by atoms with Gasteiger partial charge in [-0.1, -0.05) is 19.3 Å². The molecule has 0 bridgehead atoms. The first kappa shape index (κ1) is 15.3. The number of carbonyl (C=O) groups excluding carboxylic acids is 2. The maximum Gasteiger partial charge on any atom is 0.242 e. The van der Waals surface area contributed by atoms with Gasteiger partial charge in [-0.2, -0.15) is 0 Å². The number of morpholine rings is 1. The van der Waals surface area contributed by atoms with Crippen molar-refractivity contribution in [3.05, 3.63) is 0 Å². The molecule has 3 N–H and O–H groups in total. The molecule has 1 saturated heterocycles. The predicted octanol–water partition coefficient (Wildman–Crippen LogP) is 0.0115. The smallest absolute Gasteiger partial charge is 0.242 e. The quantitative estimate of drug-likeness (QED) is 0.764. The van der Waals surface area contributed by atoms with Gasteiger partial charge in [-0.3, -0.25) is 9.59 Å². The van der Waals surface area contributed by atoms with E-state index in [4.69, 9.17) is 10.5 Å². The van der Waals surface area contributed by atoms with Gasteiger partial charge in [0.2, 0.25) is 11.8 Å². The number of hydrogen-bond donors (Lipinski definition) is 2. The van der Waals surface area contributed by atoms with Crippen LogP contribution in [0, 0.1) is 0 Å². The fraction of sp³-hybridized carbons (Fsp3) is 0.857. The molecular weight excluding hydrogens is 258 g/mol. The van der Waals surface area contributed by atoms with E-state index in [1.807, 2.05) is 0 Å². The van der Waals surface area contributed by atoms with Crippen LogP contribution in [0.15, 0.2) is 0 Å². The van der Waals surface area contributed by atoms with Crippen molar-refractivity contribution in [2.45, 2.75) is 50.7 Å². The Kier molecular flexibility index (Phi) is 4.99. The van der Waals surface area contributed by atoms with E-state index in [9.17, 15) is 9.59 Å². The topological polar surface area (TPSA) is 84.7 Å². The van der Waals surface area contributed by atoms with Crippen molar-refractivity contribution in [3.8, 4) is 0 Å². The molecule has 0 aromatic carbocycles. The van der Waals surface area contributed by atoms with Gasteiger partial charge in [0.15, 0.2) is 0 Å². The molecule has 0 unspecified atom stereocenters. The molecule has 6 heteroatoms. The zero-order valence-electron chi connectivity index (χ0n) is 12.2. The third kappa shape index (κ3) is 3.70. The van der Waals surface area contributed by atoms with Crippen molar-refractivity contribution in [1.29, 1.82) is 0 Å². The van der Waals surface area contributed by atoms with Gasteiger partial charge in [0.1, 0.15) is 0 Å².